The summed E-state index contributed by atoms with van der Waals surface area (Å²) in [4.78, 5) is -0.169. The third-order valence-corrected chi connectivity index (χ3v) is 4.83. The molecule has 0 aliphatic carbocycles. The molecule has 0 spiro atoms. The summed E-state index contributed by atoms with van der Waals surface area (Å²) in [6.45, 7) is 0. The van der Waals surface area contributed by atoms with Crippen LogP contribution in [0, 0.1) is 5.82 Å². The number of primary sulfonamides is 1. The van der Waals surface area contributed by atoms with Crippen molar-refractivity contribution in [3.05, 3.63) is 71.2 Å². The number of aromatic amines is 1. The molecule has 0 aliphatic rings. The number of nitrogens with one attached hydrogen (secondary N) is 1. The highest BCUT2D eigenvalue weighted by Crippen LogP contribution is 2.36. The predicted molar refractivity (Wildman–Crippen MR) is 89.6 cm³/mol. The molecule has 0 atom stereocenters. The molecule has 5 nitrogen and oxygen atoms in total. The lowest BCUT2D eigenvalue weighted by Crippen LogP contribution is -2.11. The Morgan fingerprint density at radius 2 is 1.59 bits per heavy atom. The Kier molecular flexibility index (Phi) is 4.79. The molecule has 0 unspecified atom stereocenters. The molecule has 0 aliphatic heterocycles. The van der Waals surface area contributed by atoms with Gasteiger partial charge in [0.2, 0.25) is 10.0 Å². The van der Waals surface area contributed by atoms with E-state index >= 15 is 0 Å². The Morgan fingerprint density at radius 1 is 1.00 bits per heavy atom. The maximum Gasteiger partial charge on any atom is 0.433 e. The van der Waals surface area contributed by atoms with Gasteiger partial charge < -0.3 is 0 Å². The Hall–Kier alpha value is -2.72. The second-order valence-electron chi connectivity index (χ2n) is 5.80. The van der Waals surface area contributed by atoms with Crippen LogP contribution in [0.5, 0.6) is 0 Å². The number of hydrogen-bond donors (Lipinski definition) is 2. The van der Waals surface area contributed by atoms with Gasteiger partial charge in [-0.25, -0.2) is 17.9 Å². The highest BCUT2D eigenvalue weighted by molar-refractivity contribution is 7.89. The standard InChI is InChI=1S/C17H13F4N3O2S/c18-12-5-1-10(2-6-12)9-14-15(23-24-16(14)17(19,20)21)11-3-7-13(8-4-11)27(22,25)26/h1-8H,9H2,(H,23,24)(H2,22,25,26). The Bertz CT molecular complexity index is 1060. The number of alkyl halides is 3. The van der Waals surface area contributed by atoms with Crippen LogP contribution in [0.1, 0.15) is 16.8 Å². The molecule has 0 radical (unpaired) electrons. The van der Waals surface area contributed by atoms with Gasteiger partial charge in [0.1, 0.15) is 11.5 Å². The van der Waals surface area contributed by atoms with Gasteiger partial charge in [-0.1, -0.05) is 24.3 Å². The molecule has 0 saturated carbocycles. The van der Waals surface area contributed by atoms with Gasteiger partial charge in [-0.2, -0.15) is 18.3 Å². The first kappa shape index (κ1) is 19.1. The maximum atomic E-state index is 13.3. The van der Waals surface area contributed by atoms with Crippen LogP contribution in [0.15, 0.2) is 53.4 Å². The molecule has 27 heavy (non-hydrogen) atoms. The van der Waals surface area contributed by atoms with Crippen LogP contribution in [0.4, 0.5) is 17.6 Å². The molecule has 10 heteroatoms. The second-order valence-corrected chi connectivity index (χ2v) is 7.36. The summed E-state index contributed by atoms with van der Waals surface area (Å²) in [6, 6.07) is 10.1. The van der Waals surface area contributed by atoms with Gasteiger partial charge in [-0.15, -0.1) is 0 Å². The molecule has 0 fully saturated rings. The number of nitrogens with zero attached hydrogens (tertiary/aromatic N) is 1. The summed E-state index contributed by atoms with van der Waals surface area (Å²) in [5.41, 5.74) is -0.376. The van der Waals surface area contributed by atoms with Gasteiger partial charge in [-0.05, 0) is 29.8 Å². The first-order chi connectivity index (χ1) is 12.6. The first-order valence-electron chi connectivity index (χ1n) is 7.58. The minimum atomic E-state index is -4.67. The van der Waals surface area contributed by atoms with E-state index in [4.69, 9.17) is 5.14 Å². The fourth-order valence-corrected chi connectivity index (χ4v) is 3.13. The summed E-state index contributed by atoms with van der Waals surface area (Å²) < 4.78 is 75.7. The van der Waals surface area contributed by atoms with Crippen LogP contribution in [-0.2, 0) is 22.6 Å². The van der Waals surface area contributed by atoms with E-state index in [1.54, 1.807) is 0 Å². The molecule has 2 aromatic carbocycles. The molecule has 1 heterocycles. The first-order valence-corrected chi connectivity index (χ1v) is 9.12. The van der Waals surface area contributed by atoms with E-state index in [2.05, 4.69) is 5.10 Å². The third kappa shape index (κ3) is 4.17. The van der Waals surface area contributed by atoms with Crippen molar-refractivity contribution in [1.82, 2.24) is 10.2 Å². The highest BCUT2D eigenvalue weighted by Gasteiger charge is 2.37. The molecule has 1 aromatic heterocycles. The van der Waals surface area contributed by atoms with E-state index < -0.39 is 27.7 Å². The van der Waals surface area contributed by atoms with Gasteiger partial charge in [0, 0.05) is 17.5 Å². The van der Waals surface area contributed by atoms with Gasteiger partial charge in [0.25, 0.3) is 0 Å². The Morgan fingerprint density at radius 3 is 2.11 bits per heavy atom. The zero-order chi connectivity index (χ0) is 19.8. The number of H-pyrrole nitrogens is 1. The van der Waals surface area contributed by atoms with E-state index in [1.165, 1.54) is 36.4 Å². The highest BCUT2D eigenvalue weighted by atomic mass is 32.2. The summed E-state index contributed by atoms with van der Waals surface area (Å²) >= 11 is 0. The fourth-order valence-electron chi connectivity index (χ4n) is 2.62. The monoisotopic (exact) mass is 399 g/mol. The lowest BCUT2D eigenvalue weighted by molar-refractivity contribution is -0.141. The Balaban J connectivity index is 2.07. The summed E-state index contributed by atoms with van der Waals surface area (Å²) in [7, 11) is -3.93. The number of halogens is 4. The number of hydrogen-bond acceptors (Lipinski definition) is 3. The second kappa shape index (κ2) is 6.78. The molecule has 0 bridgehead atoms. The van der Waals surface area contributed by atoms with Crippen molar-refractivity contribution in [2.75, 3.05) is 0 Å². The SMILES string of the molecule is NS(=O)(=O)c1ccc(-c2n[nH]c(C(F)(F)F)c2Cc2ccc(F)cc2)cc1. The average Bonchev–Trinajstić information content (AvgIpc) is 3.00. The van der Waals surface area contributed by atoms with Gasteiger partial charge >= 0.3 is 6.18 Å². The largest absolute Gasteiger partial charge is 0.433 e. The molecular weight excluding hydrogens is 386 g/mol. The van der Waals surface area contributed by atoms with E-state index in [0.717, 1.165) is 12.1 Å². The van der Waals surface area contributed by atoms with Crippen LogP contribution in [0.2, 0.25) is 0 Å². The minimum absolute atomic E-state index is 0.0209. The quantitative estimate of drug-likeness (QED) is 0.659. The molecule has 3 aromatic rings. The van der Waals surface area contributed by atoms with E-state index in [1.807, 2.05) is 5.10 Å². The van der Waals surface area contributed by atoms with Crippen molar-refractivity contribution in [2.45, 2.75) is 17.5 Å². The number of nitrogens with two attached hydrogens (primary N) is 1. The molecule has 3 rings (SSSR count). The van der Waals surface area contributed by atoms with Crippen LogP contribution in [0.25, 0.3) is 11.3 Å². The lowest BCUT2D eigenvalue weighted by atomic mass is 9.99. The van der Waals surface area contributed by atoms with Crippen molar-refractivity contribution in [1.29, 1.82) is 0 Å². The molecule has 0 saturated heterocycles. The van der Waals surface area contributed by atoms with Crippen LogP contribution in [0.3, 0.4) is 0 Å². The van der Waals surface area contributed by atoms with Crippen molar-refractivity contribution < 1.29 is 26.0 Å². The summed E-state index contributed by atoms with van der Waals surface area (Å²) in [5.74, 6) is -0.499. The number of aromatic nitrogens is 2. The summed E-state index contributed by atoms with van der Waals surface area (Å²) in [6.07, 6.45) is -4.81. The minimum Gasteiger partial charge on any atom is -0.273 e. The zero-order valence-corrected chi connectivity index (χ0v) is 14.4. The molecule has 3 N–H and O–H groups in total. The van der Waals surface area contributed by atoms with Crippen molar-refractivity contribution in [3.63, 3.8) is 0 Å². The van der Waals surface area contributed by atoms with E-state index in [9.17, 15) is 26.0 Å². The Labute approximate surface area is 151 Å². The smallest absolute Gasteiger partial charge is 0.273 e. The van der Waals surface area contributed by atoms with E-state index in [0.29, 0.717) is 5.56 Å². The predicted octanol–water partition coefficient (Wildman–Crippen LogP) is 3.47. The van der Waals surface area contributed by atoms with Gasteiger partial charge in [0.15, 0.2) is 0 Å². The normalized spacial score (nSPS) is 12.3. The topological polar surface area (TPSA) is 88.8 Å². The van der Waals surface area contributed by atoms with E-state index in [-0.39, 0.29) is 28.1 Å². The summed E-state index contributed by atoms with van der Waals surface area (Å²) in [5, 5.41) is 10.8. The zero-order valence-electron chi connectivity index (χ0n) is 13.6. The molecule has 142 valence electrons. The number of sulfonamides is 1. The van der Waals surface area contributed by atoms with Crippen molar-refractivity contribution in [2.24, 2.45) is 5.14 Å². The number of rotatable bonds is 4. The van der Waals surface area contributed by atoms with Crippen LogP contribution >= 0.6 is 0 Å². The van der Waals surface area contributed by atoms with Gasteiger partial charge in [0.05, 0.1) is 10.6 Å². The van der Waals surface area contributed by atoms with Crippen molar-refractivity contribution in [3.8, 4) is 11.3 Å². The lowest BCUT2D eigenvalue weighted by Gasteiger charge is -2.09. The third-order valence-electron chi connectivity index (χ3n) is 3.90. The average molecular weight is 399 g/mol. The fraction of sp³-hybridized carbons (Fsp3) is 0.118. The van der Waals surface area contributed by atoms with Crippen molar-refractivity contribution >= 4 is 10.0 Å². The maximum absolute atomic E-state index is 13.3. The van der Waals surface area contributed by atoms with Gasteiger partial charge in [-0.3, -0.25) is 5.10 Å². The number of benzene rings is 2. The van der Waals surface area contributed by atoms with Crippen LogP contribution in [-0.4, -0.2) is 18.6 Å². The molecule has 0 amide bonds. The van der Waals surface area contributed by atoms with Crippen LogP contribution < -0.4 is 5.14 Å². The molecular formula is C17H13F4N3O2S.